The topological polar surface area (TPSA) is 67.9 Å². The normalized spacial score (nSPS) is 18.5. The molecule has 3 amide bonds. The number of methoxy groups -OCH3 is 2. The summed E-state index contributed by atoms with van der Waals surface area (Å²) in [5.41, 5.74) is 1.08. The highest BCUT2D eigenvalue weighted by atomic mass is 16.5. The Morgan fingerprint density at radius 2 is 1.92 bits per heavy atom. The first kappa shape index (κ1) is 18.1. The van der Waals surface area contributed by atoms with E-state index in [4.69, 9.17) is 9.47 Å². The van der Waals surface area contributed by atoms with Gasteiger partial charge in [0, 0.05) is 6.54 Å². The zero-order valence-electron chi connectivity index (χ0n) is 14.8. The van der Waals surface area contributed by atoms with Crippen LogP contribution in [0.4, 0.5) is 4.79 Å². The maximum atomic E-state index is 12.3. The summed E-state index contributed by atoms with van der Waals surface area (Å²) in [5.74, 6) is 1.41. The lowest BCUT2D eigenvalue weighted by molar-refractivity contribution is -0.128. The average molecular weight is 334 g/mol. The van der Waals surface area contributed by atoms with Crippen molar-refractivity contribution in [3.8, 4) is 11.5 Å². The fourth-order valence-electron chi connectivity index (χ4n) is 3.02. The zero-order valence-corrected chi connectivity index (χ0v) is 14.8. The lowest BCUT2D eigenvalue weighted by Gasteiger charge is -2.19. The van der Waals surface area contributed by atoms with Crippen LogP contribution in [0, 0.1) is 5.92 Å². The quantitative estimate of drug-likeness (QED) is 0.742. The summed E-state index contributed by atoms with van der Waals surface area (Å²) in [7, 11) is 3.20. The molecule has 1 aromatic carbocycles. The number of hydrogen-bond donors (Lipinski definition) is 1. The van der Waals surface area contributed by atoms with Crippen LogP contribution in [-0.4, -0.2) is 43.6 Å². The number of benzene rings is 1. The molecule has 0 aliphatic carbocycles. The molecule has 1 aromatic rings. The van der Waals surface area contributed by atoms with E-state index in [0.29, 0.717) is 24.5 Å². The molecule has 132 valence electrons. The van der Waals surface area contributed by atoms with Gasteiger partial charge in [-0.1, -0.05) is 26.3 Å². The molecule has 1 fully saturated rings. The van der Waals surface area contributed by atoms with E-state index in [1.165, 1.54) is 4.90 Å². The number of carbonyl (C=O) groups excluding carboxylic acids is 2. The molecule has 2 atom stereocenters. The minimum Gasteiger partial charge on any atom is -0.493 e. The molecule has 0 unspecified atom stereocenters. The predicted octanol–water partition coefficient (Wildman–Crippen LogP) is 2.60. The van der Waals surface area contributed by atoms with E-state index >= 15 is 0 Å². The summed E-state index contributed by atoms with van der Waals surface area (Å²) in [6, 6.07) is 5.13. The number of imide groups is 1. The van der Waals surface area contributed by atoms with Gasteiger partial charge in [-0.05, 0) is 36.5 Å². The number of carbonyl (C=O) groups is 2. The van der Waals surface area contributed by atoms with Crippen molar-refractivity contribution in [3.05, 3.63) is 23.8 Å². The number of urea groups is 1. The van der Waals surface area contributed by atoms with Crippen molar-refractivity contribution in [3.63, 3.8) is 0 Å². The van der Waals surface area contributed by atoms with Gasteiger partial charge in [-0.2, -0.15) is 0 Å². The Morgan fingerprint density at radius 1 is 1.21 bits per heavy atom. The number of hydrogen-bond acceptors (Lipinski definition) is 4. The third-order valence-electron chi connectivity index (χ3n) is 4.21. The lowest BCUT2D eigenvalue weighted by atomic mass is 10.00. The first-order chi connectivity index (χ1) is 11.5. The van der Waals surface area contributed by atoms with Crippen LogP contribution in [0.3, 0.4) is 0 Å². The van der Waals surface area contributed by atoms with Crippen LogP contribution in [0.1, 0.15) is 32.3 Å². The maximum absolute atomic E-state index is 12.3. The summed E-state index contributed by atoms with van der Waals surface area (Å²) >= 11 is 0. The monoisotopic (exact) mass is 334 g/mol. The Labute approximate surface area is 143 Å². The summed E-state index contributed by atoms with van der Waals surface area (Å²) in [6.45, 7) is 4.45. The van der Waals surface area contributed by atoms with Gasteiger partial charge in [-0.15, -0.1) is 0 Å². The molecule has 6 heteroatoms. The van der Waals surface area contributed by atoms with Crippen molar-refractivity contribution < 1.29 is 19.1 Å². The van der Waals surface area contributed by atoms with Gasteiger partial charge in [0.05, 0.1) is 14.2 Å². The zero-order chi connectivity index (χ0) is 17.7. The molecule has 0 bridgehead atoms. The number of amides is 3. The van der Waals surface area contributed by atoms with Crippen molar-refractivity contribution in [2.75, 3.05) is 20.8 Å². The van der Waals surface area contributed by atoms with Crippen molar-refractivity contribution in [2.24, 2.45) is 5.92 Å². The number of ether oxygens (including phenoxy) is 2. The fraction of sp³-hybridized carbons (Fsp3) is 0.556. The first-order valence-corrected chi connectivity index (χ1v) is 8.32. The van der Waals surface area contributed by atoms with Crippen LogP contribution >= 0.6 is 0 Å². The van der Waals surface area contributed by atoms with Gasteiger partial charge in [0.2, 0.25) is 0 Å². The summed E-state index contributed by atoms with van der Waals surface area (Å²) < 4.78 is 10.5. The molecule has 0 radical (unpaired) electrons. The van der Waals surface area contributed by atoms with Crippen LogP contribution in [0.5, 0.6) is 11.5 Å². The summed E-state index contributed by atoms with van der Waals surface area (Å²) in [4.78, 5) is 25.6. The minimum absolute atomic E-state index is 0.110. The van der Waals surface area contributed by atoms with Crippen LogP contribution in [0.25, 0.3) is 0 Å². The molecular formula is C18H26N2O4. The molecule has 6 nitrogen and oxygen atoms in total. The molecule has 2 rings (SSSR count). The molecule has 1 heterocycles. The third kappa shape index (κ3) is 3.99. The molecular weight excluding hydrogens is 308 g/mol. The van der Waals surface area contributed by atoms with Crippen molar-refractivity contribution in [2.45, 2.75) is 39.2 Å². The highest BCUT2D eigenvalue weighted by Crippen LogP contribution is 2.28. The Kier molecular flexibility index (Phi) is 6.06. The number of rotatable bonds is 8. The number of nitrogens with one attached hydrogen (secondary N) is 1. The fourth-order valence-corrected chi connectivity index (χ4v) is 3.02. The van der Waals surface area contributed by atoms with Gasteiger partial charge in [0.1, 0.15) is 6.04 Å². The SMILES string of the molecule is CCC[C@H]1NC(=O)N(C[C@@H](C)Cc2ccc(OC)c(OC)c2)C1=O. The van der Waals surface area contributed by atoms with Gasteiger partial charge in [-0.25, -0.2) is 4.79 Å². The Morgan fingerprint density at radius 3 is 2.54 bits per heavy atom. The lowest BCUT2D eigenvalue weighted by Crippen LogP contribution is -2.35. The van der Waals surface area contributed by atoms with E-state index in [-0.39, 0.29) is 23.9 Å². The smallest absolute Gasteiger partial charge is 0.324 e. The Bertz CT molecular complexity index is 603. The van der Waals surface area contributed by atoms with Crippen molar-refractivity contribution in [1.82, 2.24) is 10.2 Å². The molecule has 0 spiro atoms. The molecule has 1 aliphatic heterocycles. The van der Waals surface area contributed by atoms with E-state index in [0.717, 1.165) is 18.4 Å². The second-order valence-electron chi connectivity index (χ2n) is 6.24. The second-order valence-corrected chi connectivity index (χ2v) is 6.24. The van der Waals surface area contributed by atoms with Crippen molar-refractivity contribution >= 4 is 11.9 Å². The van der Waals surface area contributed by atoms with E-state index in [2.05, 4.69) is 5.32 Å². The highest BCUT2D eigenvalue weighted by Gasteiger charge is 2.37. The highest BCUT2D eigenvalue weighted by molar-refractivity contribution is 6.04. The standard InChI is InChI=1S/C18H26N2O4/c1-5-6-14-17(21)20(18(22)19-14)11-12(2)9-13-7-8-15(23-3)16(10-13)24-4/h7-8,10,12,14H,5-6,9,11H2,1-4H3,(H,19,22)/t12-,14+/m0/s1. The third-order valence-corrected chi connectivity index (χ3v) is 4.21. The van der Waals surface area contributed by atoms with Gasteiger partial charge >= 0.3 is 6.03 Å². The summed E-state index contributed by atoms with van der Waals surface area (Å²) in [6.07, 6.45) is 2.30. The molecule has 1 aliphatic rings. The van der Waals surface area contributed by atoms with Crippen molar-refractivity contribution in [1.29, 1.82) is 0 Å². The van der Waals surface area contributed by atoms with Gasteiger partial charge in [0.15, 0.2) is 11.5 Å². The minimum atomic E-state index is -0.365. The van der Waals surface area contributed by atoms with Crippen LogP contribution in [0.2, 0.25) is 0 Å². The molecule has 24 heavy (non-hydrogen) atoms. The van der Waals surface area contributed by atoms with E-state index < -0.39 is 0 Å². The van der Waals surface area contributed by atoms with Gasteiger partial charge in [-0.3, -0.25) is 9.69 Å². The Hall–Kier alpha value is -2.24. The molecule has 0 aromatic heterocycles. The van der Waals surface area contributed by atoms with Crippen LogP contribution < -0.4 is 14.8 Å². The largest absolute Gasteiger partial charge is 0.493 e. The predicted molar refractivity (Wildman–Crippen MR) is 91.4 cm³/mol. The number of nitrogens with zero attached hydrogens (tertiary/aromatic N) is 1. The molecule has 0 saturated carbocycles. The van der Waals surface area contributed by atoms with Crippen LogP contribution in [-0.2, 0) is 11.2 Å². The van der Waals surface area contributed by atoms with E-state index in [9.17, 15) is 9.59 Å². The van der Waals surface area contributed by atoms with Gasteiger partial charge < -0.3 is 14.8 Å². The molecule has 1 N–H and O–H groups in total. The second kappa shape index (κ2) is 8.04. The van der Waals surface area contributed by atoms with E-state index in [1.807, 2.05) is 32.0 Å². The van der Waals surface area contributed by atoms with E-state index in [1.54, 1.807) is 14.2 Å². The molecule has 1 saturated heterocycles. The van der Waals surface area contributed by atoms with Gasteiger partial charge in [0.25, 0.3) is 5.91 Å². The average Bonchev–Trinajstić information content (AvgIpc) is 2.82. The van der Waals surface area contributed by atoms with Crippen LogP contribution in [0.15, 0.2) is 18.2 Å². The summed E-state index contributed by atoms with van der Waals surface area (Å²) in [5, 5.41) is 2.76. The first-order valence-electron chi connectivity index (χ1n) is 8.32. The maximum Gasteiger partial charge on any atom is 0.324 e. The Balaban J connectivity index is 1.99.